The molecule has 1 unspecified atom stereocenters. The molecule has 1 aliphatic rings. The van der Waals surface area contributed by atoms with Gasteiger partial charge in [0.1, 0.15) is 0 Å². The predicted molar refractivity (Wildman–Crippen MR) is 86.8 cm³/mol. The van der Waals surface area contributed by atoms with E-state index in [1.807, 2.05) is 60.7 Å². The fourth-order valence-electron chi connectivity index (χ4n) is 2.73. The second-order valence-corrected chi connectivity index (χ2v) is 7.19. The molecule has 3 rings (SSSR count). The molecular formula is C18H16O2S. The first-order valence-corrected chi connectivity index (χ1v) is 8.21. The van der Waals surface area contributed by atoms with Crippen LogP contribution in [0.3, 0.4) is 0 Å². The maximum atomic E-state index is 12.3. The Hall–Kier alpha value is -2.00. The van der Waals surface area contributed by atoms with Crippen LogP contribution in [-0.4, -0.2) is 16.4 Å². The lowest BCUT2D eigenvalue weighted by Gasteiger charge is -2.17. The van der Waals surface area contributed by atoms with Gasteiger partial charge >= 0.3 is 0 Å². The van der Waals surface area contributed by atoms with Crippen LogP contribution in [0.15, 0.2) is 65.6 Å². The second kappa shape index (κ2) is 5.78. The summed E-state index contributed by atoms with van der Waals surface area (Å²) in [5.41, 5.74) is 1.13. The Morgan fingerprint density at radius 1 is 1.00 bits per heavy atom. The van der Waals surface area contributed by atoms with Gasteiger partial charge in [0.25, 0.3) is 0 Å². The fraction of sp³-hybridized carbons (Fsp3) is 0.167. The monoisotopic (exact) mass is 296 g/mol. The minimum Gasteiger partial charge on any atom is -0.294 e. The SMILES string of the molecule is CC(=O)C1=S(c2ccccc2)[C@@H](c2ccccc2)CC1=O. The van der Waals surface area contributed by atoms with Crippen molar-refractivity contribution in [3.05, 3.63) is 66.2 Å². The molecule has 0 N–H and O–H groups in total. The third-order valence-electron chi connectivity index (χ3n) is 3.62. The van der Waals surface area contributed by atoms with Crippen LogP contribution in [-0.2, 0) is 9.59 Å². The topological polar surface area (TPSA) is 34.1 Å². The molecule has 2 atom stereocenters. The number of Topliss-reactive ketones (excluding diaryl/α,β-unsaturated/α-hetero) is 2. The lowest BCUT2D eigenvalue weighted by atomic mass is 10.1. The lowest BCUT2D eigenvalue weighted by Crippen LogP contribution is -2.16. The first-order chi connectivity index (χ1) is 10.2. The van der Waals surface area contributed by atoms with Crippen molar-refractivity contribution in [3.8, 4) is 0 Å². The van der Waals surface area contributed by atoms with Crippen molar-refractivity contribution in [2.45, 2.75) is 23.5 Å². The molecule has 3 heteroatoms. The van der Waals surface area contributed by atoms with Crippen molar-refractivity contribution in [3.63, 3.8) is 0 Å². The summed E-state index contributed by atoms with van der Waals surface area (Å²) in [5.74, 6) is -0.0887. The van der Waals surface area contributed by atoms with Crippen LogP contribution in [0.2, 0.25) is 0 Å². The zero-order chi connectivity index (χ0) is 14.8. The number of ketones is 2. The van der Waals surface area contributed by atoms with Crippen LogP contribution < -0.4 is 0 Å². The van der Waals surface area contributed by atoms with Crippen LogP contribution in [0, 0.1) is 0 Å². The van der Waals surface area contributed by atoms with Gasteiger partial charge in [-0.3, -0.25) is 9.59 Å². The predicted octanol–water partition coefficient (Wildman–Crippen LogP) is 3.79. The van der Waals surface area contributed by atoms with E-state index in [0.717, 1.165) is 10.5 Å². The highest BCUT2D eigenvalue weighted by atomic mass is 32.2. The Balaban J connectivity index is 2.19. The van der Waals surface area contributed by atoms with Gasteiger partial charge in [0.05, 0.1) is 4.86 Å². The number of rotatable bonds is 3. The highest BCUT2D eigenvalue weighted by Crippen LogP contribution is 2.49. The number of carbonyl (C=O) groups excluding carboxylic acids is 2. The average molecular weight is 296 g/mol. The van der Waals surface area contributed by atoms with Crippen molar-refractivity contribution >= 4 is 26.9 Å². The first kappa shape index (κ1) is 14.0. The molecule has 0 bridgehead atoms. The van der Waals surface area contributed by atoms with E-state index >= 15 is 0 Å². The minimum atomic E-state index is -0.460. The Morgan fingerprint density at radius 2 is 1.57 bits per heavy atom. The summed E-state index contributed by atoms with van der Waals surface area (Å²) in [6, 6.07) is 19.9. The Kier molecular flexibility index (Phi) is 3.84. The zero-order valence-corrected chi connectivity index (χ0v) is 12.6. The molecular weight excluding hydrogens is 280 g/mol. The Labute approximate surface area is 126 Å². The molecule has 21 heavy (non-hydrogen) atoms. The Morgan fingerprint density at radius 3 is 2.14 bits per heavy atom. The van der Waals surface area contributed by atoms with Gasteiger partial charge in [0.2, 0.25) is 0 Å². The molecule has 1 heterocycles. The van der Waals surface area contributed by atoms with Crippen molar-refractivity contribution in [1.82, 2.24) is 0 Å². The molecule has 0 amide bonds. The molecule has 106 valence electrons. The summed E-state index contributed by atoms with van der Waals surface area (Å²) in [6.45, 7) is 1.50. The molecule has 2 nitrogen and oxygen atoms in total. The van der Waals surface area contributed by atoms with Gasteiger partial charge in [-0.2, -0.15) is 0 Å². The van der Waals surface area contributed by atoms with E-state index in [0.29, 0.717) is 11.3 Å². The highest BCUT2D eigenvalue weighted by Gasteiger charge is 2.35. The molecule has 2 aromatic rings. The van der Waals surface area contributed by atoms with E-state index < -0.39 is 10.5 Å². The molecule has 1 aliphatic heterocycles. The Bertz CT molecular complexity index is 717. The van der Waals surface area contributed by atoms with E-state index in [2.05, 4.69) is 0 Å². The molecule has 0 saturated carbocycles. The molecule has 2 aromatic carbocycles. The number of hydrogen-bond donors (Lipinski definition) is 0. The molecule has 0 radical (unpaired) electrons. The first-order valence-electron chi connectivity index (χ1n) is 6.92. The second-order valence-electron chi connectivity index (χ2n) is 5.06. The summed E-state index contributed by atoms with van der Waals surface area (Å²) in [5, 5.41) is 0.0833. The van der Waals surface area contributed by atoms with Crippen LogP contribution in [0.25, 0.3) is 0 Å². The third-order valence-corrected chi connectivity index (χ3v) is 6.36. The molecule has 0 fully saturated rings. The zero-order valence-electron chi connectivity index (χ0n) is 11.8. The standard InChI is InChI=1S/C18H16O2S/c1-13(19)18-16(20)12-17(14-8-4-2-5-9-14)21(18)15-10-6-3-7-11-15/h2-11,17H,12H2,1H3/t17-,21?/m1/s1. The maximum Gasteiger partial charge on any atom is 0.173 e. The van der Waals surface area contributed by atoms with E-state index in [4.69, 9.17) is 0 Å². The van der Waals surface area contributed by atoms with Crippen LogP contribution in [0.5, 0.6) is 0 Å². The summed E-state index contributed by atoms with van der Waals surface area (Å²) in [7, 11) is -0.460. The number of carbonyl (C=O) groups is 2. The fourth-order valence-corrected chi connectivity index (χ4v) is 5.42. The van der Waals surface area contributed by atoms with Gasteiger partial charge in [-0.15, -0.1) is 10.5 Å². The molecule has 0 spiro atoms. The smallest absolute Gasteiger partial charge is 0.173 e. The van der Waals surface area contributed by atoms with Gasteiger partial charge < -0.3 is 0 Å². The van der Waals surface area contributed by atoms with E-state index in [1.165, 1.54) is 6.92 Å². The quantitative estimate of drug-likeness (QED) is 0.808. The van der Waals surface area contributed by atoms with Gasteiger partial charge in [-0.05, 0) is 24.6 Å². The van der Waals surface area contributed by atoms with Gasteiger partial charge in [0, 0.05) is 16.6 Å². The summed E-state index contributed by atoms with van der Waals surface area (Å²) in [4.78, 5) is 25.9. The molecule has 0 aliphatic carbocycles. The van der Waals surface area contributed by atoms with Crippen molar-refractivity contribution in [1.29, 1.82) is 0 Å². The van der Waals surface area contributed by atoms with E-state index in [1.54, 1.807) is 0 Å². The van der Waals surface area contributed by atoms with Gasteiger partial charge in [0.15, 0.2) is 11.6 Å². The largest absolute Gasteiger partial charge is 0.294 e. The van der Waals surface area contributed by atoms with E-state index in [9.17, 15) is 9.59 Å². The van der Waals surface area contributed by atoms with Gasteiger partial charge in [-0.1, -0.05) is 48.5 Å². The molecule has 0 aromatic heterocycles. The number of hydrogen-bond acceptors (Lipinski definition) is 2. The van der Waals surface area contributed by atoms with Crippen molar-refractivity contribution in [2.75, 3.05) is 0 Å². The third kappa shape index (κ3) is 2.61. The maximum absolute atomic E-state index is 12.3. The van der Waals surface area contributed by atoms with Crippen molar-refractivity contribution in [2.24, 2.45) is 0 Å². The average Bonchev–Trinajstić information content (AvgIpc) is 2.86. The lowest BCUT2D eigenvalue weighted by molar-refractivity contribution is -0.115. The van der Waals surface area contributed by atoms with Crippen LogP contribution >= 0.6 is 10.5 Å². The van der Waals surface area contributed by atoms with E-state index in [-0.39, 0.29) is 16.8 Å². The van der Waals surface area contributed by atoms with Crippen LogP contribution in [0.4, 0.5) is 0 Å². The molecule has 0 saturated heterocycles. The normalized spacial score (nSPS) is 21.6. The van der Waals surface area contributed by atoms with Crippen LogP contribution in [0.1, 0.15) is 24.2 Å². The highest BCUT2D eigenvalue weighted by molar-refractivity contribution is 8.18. The van der Waals surface area contributed by atoms with Crippen molar-refractivity contribution < 1.29 is 9.59 Å². The number of benzene rings is 2. The van der Waals surface area contributed by atoms with Gasteiger partial charge in [-0.25, -0.2) is 0 Å². The summed E-state index contributed by atoms with van der Waals surface area (Å²) in [6.07, 6.45) is 0.428. The summed E-state index contributed by atoms with van der Waals surface area (Å²) < 4.78 is 0. The minimum absolute atomic E-state index is 0.00328. The summed E-state index contributed by atoms with van der Waals surface area (Å²) >= 11 is 0.